The van der Waals surface area contributed by atoms with Crippen LogP contribution >= 0.6 is 0 Å². The van der Waals surface area contributed by atoms with Crippen molar-refractivity contribution in [2.45, 2.75) is 62.0 Å². The molecular formula is C30H36O8S. The Balaban J connectivity index is 1.47. The zero-order valence-corrected chi connectivity index (χ0v) is 23.1. The number of methoxy groups -OCH3 is 1. The van der Waals surface area contributed by atoms with Crippen LogP contribution in [-0.2, 0) is 46.5 Å². The molecule has 0 unspecified atom stereocenters. The lowest BCUT2D eigenvalue weighted by Crippen LogP contribution is -2.52. The summed E-state index contributed by atoms with van der Waals surface area (Å²) in [6.07, 6.45) is -2.19. The molecule has 1 heterocycles. The van der Waals surface area contributed by atoms with Crippen LogP contribution in [0.5, 0.6) is 0 Å². The van der Waals surface area contributed by atoms with E-state index in [0.29, 0.717) is 6.61 Å². The number of hydrogen-bond donors (Lipinski definition) is 1. The molecule has 3 aromatic rings. The quantitative estimate of drug-likeness (QED) is 0.231. The lowest BCUT2D eigenvalue weighted by Gasteiger charge is -2.36. The van der Waals surface area contributed by atoms with Crippen molar-refractivity contribution in [3.8, 4) is 0 Å². The molecule has 0 bridgehead atoms. The Morgan fingerprint density at radius 2 is 1.51 bits per heavy atom. The highest BCUT2D eigenvalue weighted by Gasteiger charge is 2.57. The fourth-order valence-corrected chi connectivity index (χ4v) is 5.58. The van der Waals surface area contributed by atoms with E-state index in [2.05, 4.69) is 0 Å². The molecule has 0 amide bonds. The van der Waals surface area contributed by atoms with Gasteiger partial charge < -0.3 is 24.1 Å². The Morgan fingerprint density at radius 3 is 2.13 bits per heavy atom. The summed E-state index contributed by atoms with van der Waals surface area (Å²) < 4.78 is 54.5. The van der Waals surface area contributed by atoms with Crippen LogP contribution in [0.2, 0.25) is 0 Å². The summed E-state index contributed by atoms with van der Waals surface area (Å²) in [5.74, 6) is 0. The monoisotopic (exact) mass is 556 g/mol. The third-order valence-electron chi connectivity index (χ3n) is 6.83. The van der Waals surface area contributed by atoms with Crippen molar-refractivity contribution in [2.24, 2.45) is 0 Å². The van der Waals surface area contributed by atoms with Gasteiger partial charge in [-0.05, 0) is 43.0 Å². The molecule has 0 aliphatic carbocycles. The van der Waals surface area contributed by atoms with Crippen LogP contribution in [0.4, 0.5) is 0 Å². The van der Waals surface area contributed by atoms with Gasteiger partial charge in [0.25, 0.3) is 10.1 Å². The predicted octanol–water partition coefficient (Wildman–Crippen LogP) is 4.39. The summed E-state index contributed by atoms with van der Waals surface area (Å²) in [5, 5.41) is 11.3. The number of aryl methyl sites for hydroxylation is 1. The largest absolute Gasteiger partial charge is 0.385 e. The van der Waals surface area contributed by atoms with Crippen molar-refractivity contribution in [3.05, 3.63) is 102 Å². The predicted molar refractivity (Wildman–Crippen MR) is 145 cm³/mol. The van der Waals surface area contributed by atoms with Crippen LogP contribution in [0.15, 0.2) is 89.8 Å². The van der Waals surface area contributed by atoms with Crippen molar-refractivity contribution < 1.29 is 36.7 Å². The highest BCUT2D eigenvalue weighted by Crippen LogP contribution is 2.40. The van der Waals surface area contributed by atoms with Crippen molar-refractivity contribution >= 4 is 10.1 Å². The second-order valence-electron chi connectivity index (χ2n) is 9.60. The van der Waals surface area contributed by atoms with E-state index in [-0.39, 0.29) is 37.6 Å². The van der Waals surface area contributed by atoms with E-state index in [1.807, 2.05) is 67.6 Å². The first-order chi connectivity index (χ1) is 18.8. The summed E-state index contributed by atoms with van der Waals surface area (Å²) in [4.78, 5) is 0.0963. The number of hydrogen-bond acceptors (Lipinski definition) is 8. The molecular weight excluding hydrogens is 520 g/mol. The molecule has 1 saturated heterocycles. The summed E-state index contributed by atoms with van der Waals surface area (Å²) in [6.45, 7) is 2.52. The molecule has 1 aliphatic heterocycles. The molecule has 0 spiro atoms. The normalized spacial score (nSPS) is 23.2. The maximum atomic E-state index is 12.7. The van der Waals surface area contributed by atoms with Gasteiger partial charge in [-0.1, -0.05) is 78.4 Å². The first kappa shape index (κ1) is 29.4. The lowest BCUT2D eigenvalue weighted by molar-refractivity contribution is -0.157. The Labute approximate surface area is 230 Å². The van der Waals surface area contributed by atoms with Gasteiger partial charge in [0.15, 0.2) is 6.29 Å². The van der Waals surface area contributed by atoms with E-state index in [1.165, 1.54) is 19.2 Å². The zero-order valence-electron chi connectivity index (χ0n) is 22.3. The summed E-state index contributed by atoms with van der Waals surface area (Å²) in [6, 6.07) is 25.8. The van der Waals surface area contributed by atoms with Crippen LogP contribution in [0.1, 0.15) is 29.5 Å². The minimum absolute atomic E-state index is 0.0887. The second-order valence-corrected chi connectivity index (χ2v) is 11.2. The molecule has 0 radical (unpaired) electrons. The second kappa shape index (κ2) is 13.6. The van der Waals surface area contributed by atoms with Crippen molar-refractivity contribution in [1.82, 2.24) is 0 Å². The van der Waals surface area contributed by atoms with E-state index >= 15 is 0 Å². The molecule has 9 heteroatoms. The molecule has 0 aromatic heterocycles. The number of ether oxygens (including phenoxy) is 4. The number of benzene rings is 3. The topological polar surface area (TPSA) is 101 Å². The number of aliphatic hydroxyl groups excluding tert-OH is 1. The molecule has 8 nitrogen and oxygen atoms in total. The van der Waals surface area contributed by atoms with Crippen LogP contribution in [0.25, 0.3) is 0 Å². The van der Waals surface area contributed by atoms with Crippen molar-refractivity contribution in [1.29, 1.82) is 0 Å². The maximum Gasteiger partial charge on any atom is 0.296 e. The van der Waals surface area contributed by atoms with Crippen LogP contribution in [-0.4, -0.2) is 57.9 Å². The van der Waals surface area contributed by atoms with Gasteiger partial charge in [0, 0.05) is 7.11 Å². The van der Waals surface area contributed by atoms with Crippen LogP contribution in [0.3, 0.4) is 0 Å². The highest BCUT2D eigenvalue weighted by molar-refractivity contribution is 7.86. The van der Waals surface area contributed by atoms with Gasteiger partial charge in [-0.25, -0.2) is 0 Å². The Bertz CT molecular complexity index is 1250. The third-order valence-corrected chi connectivity index (χ3v) is 8.15. The molecule has 1 fully saturated rings. The van der Waals surface area contributed by atoms with Gasteiger partial charge in [-0.3, -0.25) is 4.18 Å². The van der Waals surface area contributed by atoms with E-state index in [1.54, 1.807) is 12.1 Å². The molecule has 3 aromatic carbocycles. The van der Waals surface area contributed by atoms with E-state index < -0.39 is 34.2 Å². The average Bonchev–Trinajstić information content (AvgIpc) is 3.22. The van der Waals surface area contributed by atoms with Crippen LogP contribution in [0, 0.1) is 6.92 Å². The van der Waals surface area contributed by atoms with Gasteiger partial charge in [-0.2, -0.15) is 8.42 Å². The average molecular weight is 557 g/mol. The first-order valence-electron chi connectivity index (χ1n) is 13.0. The lowest BCUT2D eigenvalue weighted by atomic mass is 9.87. The molecule has 4 rings (SSSR count). The molecule has 0 saturated carbocycles. The first-order valence-corrected chi connectivity index (χ1v) is 14.4. The standard InChI is InChI=1S/C30H36O8S/c1-23-14-16-26(17-15-23)39(32,33)37-19-9-18-30(36-21-25-12-7-4-8-13-25)27(38-29(34-2)28(30)31)22-35-20-24-10-5-3-6-11-24/h3-8,10-17,27-29,31H,9,18-22H2,1-2H3/t27-,28+,29-,30-/m1/s1. The van der Waals surface area contributed by atoms with E-state index in [0.717, 1.165) is 16.7 Å². The van der Waals surface area contributed by atoms with Crippen LogP contribution < -0.4 is 0 Å². The fourth-order valence-electron chi connectivity index (χ4n) is 4.64. The van der Waals surface area contributed by atoms with E-state index in [4.69, 9.17) is 23.1 Å². The van der Waals surface area contributed by atoms with Gasteiger partial charge in [0.1, 0.15) is 17.8 Å². The summed E-state index contributed by atoms with van der Waals surface area (Å²) in [7, 11) is -2.46. The highest BCUT2D eigenvalue weighted by atomic mass is 32.2. The van der Waals surface area contributed by atoms with Crippen molar-refractivity contribution in [2.75, 3.05) is 20.3 Å². The summed E-state index contributed by atoms with van der Waals surface area (Å²) in [5.41, 5.74) is 1.66. The number of rotatable bonds is 14. The SMILES string of the molecule is CO[C@@H]1O[C@H](COCc2ccccc2)[C@@](CCCOS(=O)(=O)c2ccc(C)cc2)(OCc2ccccc2)[C@H]1O. The van der Waals surface area contributed by atoms with Crippen molar-refractivity contribution in [3.63, 3.8) is 0 Å². The van der Waals surface area contributed by atoms with Gasteiger partial charge in [0.2, 0.25) is 0 Å². The maximum absolute atomic E-state index is 12.7. The van der Waals surface area contributed by atoms with Gasteiger partial charge in [-0.15, -0.1) is 0 Å². The Morgan fingerprint density at radius 1 is 0.897 bits per heavy atom. The minimum Gasteiger partial charge on any atom is -0.385 e. The molecule has 210 valence electrons. The molecule has 1 N–H and O–H groups in total. The number of aliphatic hydroxyl groups is 1. The van der Waals surface area contributed by atoms with E-state index in [9.17, 15) is 13.5 Å². The molecule has 39 heavy (non-hydrogen) atoms. The van der Waals surface area contributed by atoms with Gasteiger partial charge in [0.05, 0.1) is 31.3 Å². The molecule has 4 atom stereocenters. The molecule has 1 aliphatic rings. The smallest absolute Gasteiger partial charge is 0.296 e. The fraction of sp³-hybridized carbons (Fsp3) is 0.400. The third kappa shape index (κ3) is 7.52. The minimum atomic E-state index is -3.92. The summed E-state index contributed by atoms with van der Waals surface area (Å²) >= 11 is 0. The van der Waals surface area contributed by atoms with Gasteiger partial charge >= 0.3 is 0 Å². The zero-order chi connectivity index (χ0) is 27.7. The Hall–Kier alpha value is -2.63. The Kier molecular flexibility index (Phi) is 10.3.